The first-order valence-electron chi connectivity index (χ1n) is 10.6. The smallest absolute Gasteiger partial charge is 0.278 e. The number of carbonyl (C=O) groups excluding carboxylic acids is 1. The van der Waals surface area contributed by atoms with E-state index in [0.29, 0.717) is 31.1 Å². The number of quaternary nitrogens is 1. The number of rotatable bonds is 8. The fraction of sp³-hybridized carbons (Fsp3) is 0.435. The van der Waals surface area contributed by atoms with Crippen molar-refractivity contribution in [1.82, 2.24) is 9.62 Å². The molecular formula is C23H32N3O3S+. The molecule has 2 aromatic carbocycles. The second kappa shape index (κ2) is 10.2. The average molecular weight is 431 g/mol. The lowest BCUT2D eigenvalue weighted by molar-refractivity contribution is -0.917. The lowest BCUT2D eigenvalue weighted by Crippen LogP contribution is -3.19. The Labute approximate surface area is 179 Å². The fourth-order valence-electron chi connectivity index (χ4n) is 3.84. The number of sulfonamides is 1. The van der Waals surface area contributed by atoms with Gasteiger partial charge in [0.2, 0.25) is 10.0 Å². The highest BCUT2D eigenvalue weighted by Gasteiger charge is 2.34. The third kappa shape index (κ3) is 5.68. The third-order valence-corrected chi connectivity index (χ3v) is 7.76. The summed E-state index contributed by atoms with van der Waals surface area (Å²) in [6.07, 6.45) is 1.82. The quantitative estimate of drug-likeness (QED) is 0.659. The summed E-state index contributed by atoms with van der Waals surface area (Å²) >= 11 is 0. The van der Waals surface area contributed by atoms with Crippen molar-refractivity contribution in [2.24, 2.45) is 0 Å². The summed E-state index contributed by atoms with van der Waals surface area (Å²) < 4.78 is 27.1. The SMILES string of the molecule is C[C@@H](CCc1ccccc1)NC(=O)[C@H](C)[NH+]1CCN(S(=O)(=O)c2ccccc2)CC1. The molecule has 1 aliphatic rings. The highest BCUT2D eigenvalue weighted by molar-refractivity contribution is 7.89. The first-order chi connectivity index (χ1) is 14.4. The Balaban J connectivity index is 1.47. The topological polar surface area (TPSA) is 70.9 Å². The zero-order valence-corrected chi connectivity index (χ0v) is 18.6. The molecule has 162 valence electrons. The van der Waals surface area contributed by atoms with E-state index in [9.17, 15) is 13.2 Å². The zero-order chi connectivity index (χ0) is 21.6. The van der Waals surface area contributed by atoms with Gasteiger partial charge in [0.05, 0.1) is 31.1 Å². The number of nitrogens with one attached hydrogen (secondary N) is 2. The maximum Gasteiger partial charge on any atom is 0.278 e. The van der Waals surface area contributed by atoms with Crippen molar-refractivity contribution >= 4 is 15.9 Å². The van der Waals surface area contributed by atoms with Crippen LogP contribution in [0.25, 0.3) is 0 Å². The standard InChI is InChI=1S/C23H31N3O3S/c1-19(13-14-21-9-5-3-6-10-21)24-23(27)20(2)25-15-17-26(18-16-25)30(28,29)22-11-7-4-8-12-22/h3-12,19-20H,13-18H2,1-2H3,(H,24,27)/p+1/t19-,20-/m0/s1. The Morgan fingerprint density at radius 3 is 2.17 bits per heavy atom. The third-order valence-electron chi connectivity index (χ3n) is 5.85. The summed E-state index contributed by atoms with van der Waals surface area (Å²) in [5.41, 5.74) is 1.27. The van der Waals surface area contributed by atoms with E-state index in [1.165, 1.54) is 9.87 Å². The predicted molar refractivity (Wildman–Crippen MR) is 118 cm³/mol. The highest BCUT2D eigenvalue weighted by Crippen LogP contribution is 2.14. The Bertz CT molecular complexity index is 911. The van der Waals surface area contributed by atoms with Gasteiger partial charge in [-0.2, -0.15) is 4.31 Å². The second-order valence-corrected chi connectivity index (χ2v) is 9.97. The predicted octanol–water partition coefficient (Wildman–Crippen LogP) is 1.10. The number of amides is 1. The molecule has 2 aromatic rings. The maximum absolute atomic E-state index is 12.8. The minimum atomic E-state index is -3.46. The van der Waals surface area contributed by atoms with Crippen molar-refractivity contribution in [2.75, 3.05) is 26.2 Å². The van der Waals surface area contributed by atoms with Crippen LogP contribution >= 0.6 is 0 Å². The summed E-state index contributed by atoms with van der Waals surface area (Å²) in [5.74, 6) is 0.0323. The van der Waals surface area contributed by atoms with Gasteiger partial charge in [0.1, 0.15) is 0 Å². The lowest BCUT2D eigenvalue weighted by Gasteiger charge is -2.34. The van der Waals surface area contributed by atoms with Gasteiger partial charge in [-0.1, -0.05) is 48.5 Å². The Morgan fingerprint density at radius 1 is 1.00 bits per heavy atom. The normalized spacial score (nSPS) is 17.9. The first-order valence-corrected chi connectivity index (χ1v) is 12.1. The molecule has 0 unspecified atom stereocenters. The molecule has 0 bridgehead atoms. The molecule has 7 heteroatoms. The molecule has 0 aromatic heterocycles. The number of nitrogens with zero attached hydrogens (tertiary/aromatic N) is 1. The lowest BCUT2D eigenvalue weighted by atomic mass is 10.1. The number of aryl methyl sites for hydroxylation is 1. The van der Waals surface area contributed by atoms with Gasteiger partial charge in [-0.25, -0.2) is 8.42 Å². The van der Waals surface area contributed by atoms with Crippen molar-refractivity contribution in [2.45, 2.75) is 43.7 Å². The summed E-state index contributed by atoms with van der Waals surface area (Å²) in [5, 5.41) is 3.12. The van der Waals surface area contributed by atoms with Gasteiger partial charge in [-0.3, -0.25) is 4.79 Å². The fourth-order valence-corrected chi connectivity index (χ4v) is 5.30. The van der Waals surface area contributed by atoms with Gasteiger partial charge in [0.15, 0.2) is 6.04 Å². The summed E-state index contributed by atoms with van der Waals surface area (Å²) in [6, 6.07) is 18.7. The van der Waals surface area contributed by atoms with Crippen LogP contribution in [-0.2, 0) is 21.2 Å². The van der Waals surface area contributed by atoms with Gasteiger partial charge in [0.25, 0.3) is 5.91 Å². The summed E-state index contributed by atoms with van der Waals surface area (Å²) in [7, 11) is -3.46. The zero-order valence-electron chi connectivity index (χ0n) is 17.8. The van der Waals surface area contributed by atoms with Crippen molar-refractivity contribution < 1.29 is 18.1 Å². The first kappa shape index (κ1) is 22.5. The van der Waals surface area contributed by atoms with Crippen LogP contribution in [0.4, 0.5) is 0 Å². The van der Waals surface area contributed by atoms with E-state index in [4.69, 9.17) is 0 Å². The molecule has 1 fully saturated rings. The van der Waals surface area contributed by atoms with Gasteiger partial charge < -0.3 is 10.2 Å². The van der Waals surface area contributed by atoms with Crippen molar-refractivity contribution in [3.8, 4) is 0 Å². The molecule has 0 radical (unpaired) electrons. The van der Waals surface area contributed by atoms with E-state index in [0.717, 1.165) is 17.7 Å². The average Bonchev–Trinajstić information content (AvgIpc) is 2.78. The molecule has 3 rings (SSSR count). The molecule has 0 spiro atoms. The molecule has 6 nitrogen and oxygen atoms in total. The molecule has 30 heavy (non-hydrogen) atoms. The Morgan fingerprint density at radius 2 is 1.57 bits per heavy atom. The molecule has 2 N–H and O–H groups in total. The van der Waals surface area contributed by atoms with E-state index in [1.807, 2.05) is 38.1 Å². The molecule has 1 heterocycles. The van der Waals surface area contributed by atoms with Crippen LogP contribution in [0.5, 0.6) is 0 Å². The van der Waals surface area contributed by atoms with E-state index < -0.39 is 10.0 Å². The number of hydrogen-bond acceptors (Lipinski definition) is 3. The largest absolute Gasteiger partial charge is 0.348 e. The van der Waals surface area contributed by atoms with Crippen LogP contribution < -0.4 is 10.2 Å². The number of piperazine rings is 1. The van der Waals surface area contributed by atoms with Crippen LogP contribution in [0.1, 0.15) is 25.8 Å². The number of benzene rings is 2. The van der Waals surface area contributed by atoms with Gasteiger partial charge in [-0.15, -0.1) is 0 Å². The molecule has 1 amide bonds. The Hall–Kier alpha value is -2.22. The van der Waals surface area contributed by atoms with Crippen molar-refractivity contribution in [3.05, 3.63) is 66.2 Å². The van der Waals surface area contributed by atoms with Crippen LogP contribution in [-0.4, -0.2) is 56.9 Å². The van der Waals surface area contributed by atoms with Crippen LogP contribution in [0.3, 0.4) is 0 Å². The van der Waals surface area contributed by atoms with Crippen molar-refractivity contribution in [1.29, 1.82) is 0 Å². The molecule has 0 aliphatic carbocycles. The molecule has 1 saturated heterocycles. The summed E-state index contributed by atoms with van der Waals surface area (Å²) in [6.45, 7) is 6.06. The molecule has 1 aliphatic heterocycles. The highest BCUT2D eigenvalue weighted by atomic mass is 32.2. The number of hydrogen-bond donors (Lipinski definition) is 2. The number of carbonyl (C=O) groups is 1. The molecule has 2 atom stereocenters. The van der Waals surface area contributed by atoms with Gasteiger partial charge >= 0.3 is 0 Å². The maximum atomic E-state index is 12.8. The van der Waals surface area contributed by atoms with Crippen LogP contribution in [0.2, 0.25) is 0 Å². The minimum Gasteiger partial charge on any atom is -0.348 e. The van der Waals surface area contributed by atoms with E-state index in [-0.39, 0.29) is 18.0 Å². The second-order valence-electron chi connectivity index (χ2n) is 8.03. The van der Waals surface area contributed by atoms with E-state index in [1.54, 1.807) is 24.3 Å². The Kier molecular flexibility index (Phi) is 7.64. The molecular weight excluding hydrogens is 398 g/mol. The van der Waals surface area contributed by atoms with Gasteiger partial charge in [0, 0.05) is 6.04 Å². The summed E-state index contributed by atoms with van der Waals surface area (Å²) in [4.78, 5) is 14.2. The monoisotopic (exact) mass is 430 g/mol. The van der Waals surface area contributed by atoms with Crippen molar-refractivity contribution in [3.63, 3.8) is 0 Å². The molecule has 0 saturated carbocycles. The van der Waals surface area contributed by atoms with E-state index in [2.05, 4.69) is 17.4 Å². The minimum absolute atomic E-state index is 0.0323. The van der Waals surface area contributed by atoms with Crippen LogP contribution in [0.15, 0.2) is 65.6 Å². The van der Waals surface area contributed by atoms with E-state index >= 15 is 0 Å². The van der Waals surface area contributed by atoms with Gasteiger partial charge in [-0.05, 0) is 44.4 Å². The van der Waals surface area contributed by atoms with Crippen LogP contribution in [0, 0.1) is 0 Å².